The Morgan fingerprint density at radius 2 is 2.08 bits per heavy atom. The van der Waals surface area contributed by atoms with Crippen molar-refractivity contribution in [2.75, 3.05) is 16.8 Å². The van der Waals surface area contributed by atoms with Crippen molar-refractivity contribution in [1.82, 2.24) is 14.1 Å². The summed E-state index contributed by atoms with van der Waals surface area (Å²) in [7, 11) is 3.21. The Balaban J connectivity index is 1.80. The highest BCUT2D eigenvalue weighted by Crippen LogP contribution is 2.27. The van der Waals surface area contributed by atoms with E-state index < -0.39 is 0 Å². The van der Waals surface area contributed by atoms with Gasteiger partial charge in [0.1, 0.15) is 11.5 Å². The number of aryl methyl sites for hydroxylation is 2. The molecule has 1 unspecified atom stereocenters. The number of hydrogen-bond acceptors (Lipinski definition) is 4. The molecule has 1 N–H and O–H groups in total. The normalized spacial score (nSPS) is 17.6. The second-order valence-corrected chi connectivity index (χ2v) is 6.82. The fraction of sp³-hybridized carbons (Fsp3) is 0.500. The monoisotopic (exact) mass is 343 g/mol. The summed E-state index contributed by atoms with van der Waals surface area (Å²) >= 11 is 0. The predicted molar refractivity (Wildman–Crippen MR) is 98.2 cm³/mol. The van der Waals surface area contributed by atoms with Crippen LogP contribution in [0.1, 0.15) is 42.2 Å². The van der Waals surface area contributed by atoms with E-state index in [1.54, 1.807) is 20.3 Å². The molecule has 1 saturated heterocycles. The van der Waals surface area contributed by atoms with Crippen LogP contribution in [-0.4, -0.2) is 32.6 Å². The molecule has 134 valence electrons. The van der Waals surface area contributed by atoms with Gasteiger partial charge in [-0.1, -0.05) is 0 Å². The van der Waals surface area contributed by atoms with Crippen LogP contribution in [0.25, 0.3) is 0 Å². The smallest absolute Gasteiger partial charge is 0.328 e. The molecule has 2 aromatic heterocycles. The van der Waals surface area contributed by atoms with Crippen LogP contribution < -0.4 is 15.9 Å². The molecule has 7 nitrogen and oxygen atoms in total. The Labute approximate surface area is 147 Å². The van der Waals surface area contributed by atoms with Gasteiger partial charge >= 0.3 is 5.69 Å². The van der Waals surface area contributed by atoms with Gasteiger partial charge in [-0.15, -0.1) is 0 Å². The molecule has 25 heavy (non-hydrogen) atoms. The van der Waals surface area contributed by atoms with Gasteiger partial charge in [-0.3, -0.25) is 9.36 Å². The van der Waals surface area contributed by atoms with Gasteiger partial charge in [0.15, 0.2) is 0 Å². The van der Waals surface area contributed by atoms with Crippen LogP contribution >= 0.6 is 0 Å². The second kappa shape index (κ2) is 6.74. The number of carbonyl (C=O) groups is 1. The van der Waals surface area contributed by atoms with Crippen molar-refractivity contribution < 1.29 is 4.79 Å². The number of amides is 1. The number of pyridine rings is 1. The summed E-state index contributed by atoms with van der Waals surface area (Å²) in [4.78, 5) is 31.1. The molecule has 1 aliphatic heterocycles. The summed E-state index contributed by atoms with van der Waals surface area (Å²) in [5, 5.41) is 2.83. The minimum Gasteiger partial charge on any atom is -0.354 e. The van der Waals surface area contributed by atoms with Crippen LogP contribution in [0.4, 0.5) is 11.5 Å². The lowest BCUT2D eigenvalue weighted by molar-refractivity contribution is 0.101. The average Bonchev–Trinajstić information content (AvgIpc) is 2.84. The van der Waals surface area contributed by atoms with Crippen LogP contribution in [0.3, 0.4) is 0 Å². The summed E-state index contributed by atoms with van der Waals surface area (Å²) < 4.78 is 2.72. The Morgan fingerprint density at radius 1 is 1.32 bits per heavy atom. The number of hydrogen-bond donors (Lipinski definition) is 1. The molecule has 1 aliphatic rings. The molecule has 0 bridgehead atoms. The van der Waals surface area contributed by atoms with Gasteiger partial charge in [0.25, 0.3) is 5.91 Å². The summed E-state index contributed by atoms with van der Waals surface area (Å²) in [6.07, 6.45) is 6.85. The molecule has 1 atom stereocenters. The van der Waals surface area contributed by atoms with Crippen molar-refractivity contribution in [3.05, 3.63) is 40.2 Å². The van der Waals surface area contributed by atoms with E-state index in [2.05, 4.69) is 22.1 Å². The first-order valence-electron chi connectivity index (χ1n) is 8.65. The maximum absolute atomic E-state index is 12.4. The molecule has 0 spiro atoms. The third-order valence-electron chi connectivity index (χ3n) is 4.88. The molecule has 0 saturated carbocycles. The van der Waals surface area contributed by atoms with Crippen LogP contribution in [0.5, 0.6) is 0 Å². The van der Waals surface area contributed by atoms with Crippen molar-refractivity contribution >= 4 is 17.4 Å². The lowest BCUT2D eigenvalue weighted by Gasteiger charge is -2.35. The number of carbonyl (C=O) groups excluding carboxylic acids is 1. The number of anilines is 2. The summed E-state index contributed by atoms with van der Waals surface area (Å²) in [5.41, 5.74) is 1.76. The fourth-order valence-electron chi connectivity index (χ4n) is 3.42. The van der Waals surface area contributed by atoms with E-state index in [0.717, 1.165) is 17.9 Å². The van der Waals surface area contributed by atoms with E-state index in [1.165, 1.54) is 34.6 Å². The summed E-state index contributed by atoms with van der Waals surface area (Å²) in [6, 6.07) is 2.42. The molecule has 3 heterocycles. The fourth-order valence-corrected chi connectivity index (χ4v) is 3.42. The molecule has 0 aliphatic carbocycles. The Kier molecular flexibility index (Phi) is 4.65. The van der Waals surface area contributed by atoms with Crippen molar-refractivity contribution in [2.24, 2.45) is 14.1 Å². The number of nitrogens with zero attached hydrogens (tertiary/aromatic N) is 4. The molecule has 1 fully saturated rings. The topological polar surface area (TPSA) is 72.2 Å². The Morgan fingerprint density at radius 3 is 2.68 bits per heavy atom. The second-order valence-electron chi connectivity index (χ2n) is 6.82. The van der Waals surface area contributed by atoms with Crippen LogP contribution in [0, 0.1) is 6.92 Å². The van der Waals surface area contributed by atoms with Gasteiger partial charge in [-0.2, -0.15) is 0 Å². The lowest BCUT2D eigenvalue weighted by atomic mass is 10.0. The first-order chi connectivity index (χ1) is 11.9. The maximum atomic E-state index is 12.4. The van der Waals surface area contributed by atoms with Crippen molar-refractivity contribution in [3.8, 4) is 0 Å². The zero-order valence-electron chi connectivity index (χ0n) is 15.2. The average molecular weight is 343 g/mol. The van der Waals surface area contributed by atoms with Crippen LogP contribution in [0.2, 0.25) is 0 Å². The van der Waals surface area contributed by atoms with E-state index >= 15 is 0 Å². The van der Waals surface area contributed by atoms with Gasteiger partial charge in [-0.25, -0.2) is 9.78 Å². The van der Waals surface area contributed by atoms with Crippen LogP contribution in [-0.2, 0) is 14.1 Å². The van der Waals surface area contributed by atoms with E-state index in [9.17, 15) is 9.59 Å². The minimum atomic E-state index is -0.319. The first-order valence-corrected chi connectivity index (χ1v) is 8.65. The number of piperidine rings is 1. The molecular formula is C18H25N5O2. The molecule has 1 amide bonds. The van der Waals surface area contributed by atoms with Gasteiger partial charge in [-0.05, 0) is 44.7 Å². The van der Waals surface area contributed by atoms with Gasteiger partial charge < -0.3 is 14.8 Å². The van der Waals surface area contributed by atoms with Gasteiger partial charge in [0.2, 0.25) is 0 Å². The Hall–Kier alpha value is -2.57. The SMILES string of the molecule is Cc1cc(NC(=O)c2cn(C)c(=O)n2C)cnc1N1CCCCC1C. The largest absolute Gasteiger partial charge is 0.354 e. The summed E-state index contributed by atoms with van der Waals surface area (Å²) in [6.45, 7) is 5.26. The molecule has 3 rings (SSSR count). The van der Waals surface area contributed by atoms with E-state index in [0.29, 0.717) is 17.4 Å². The number of imidazole rings is 1. The third-order valence-corrected chi connectivity index (χ3v) is 4.88. The highest BCUT2D eigenvalue weighted by atomic mass is 16.2. The Bertz CT molecular complexity index is 852. The number of aromatic nitrogens is 3. The zero-order valence-corrected chi connectivity index (χ0v) is 15.2. The van der Waals surface area contributed by atoms with E-state index in [-0.39, 0.29) is 11.6 Å². The number of rotatable bonds is 3. The third kappa shape index (κ3) is 3.31. The molecule has 7 heteroatoms. The highest BCUT2D eigenvalue weighted by Gasteiger charge is 2.21. The van der Waals surface area contributed by atoms with Crippen molar-refractivity contribution in [3.63, 3.8) is 0 Å². The highest BCUT2D eigenvalue weighted by molar-refractivity contribution is 6.03. The lowest BCUT2D eigenvalue weighted by Crippen LogP contribution is -2.38. The predicted octanol–water partition coefficient (Wildman–Crippen LogP) is 2.06. The van der Waals surface area contributed by atoms with E-state index in [1.807, 2.05) is 13.0 Å². The standard InChI is InChI=1S/C18H25N5O2/c1-12-9-14(10-19-16(12)23-8-6-5-7-13(23)2)20-17(24)15-11-21(3)18(25)22(15)4/h9-11,13H,5-8H2,1-4H3,(H,20,24). The van der Waals surface area contributed by atoms with Gasteiger partial charge in [0, 0.05) is 32.9 Å². The van der Waals surface area contributed by atoms with E-state index in [4.69, 9.17) is 0 Å². The first kappa shape index (κ1) is 17.3. The summed E-state index contributed by atoms with van der Waals surface area (Å²) in [5.74, 6) is 0.665. The maximum Gasteiger partial charge on any atom is 0.328 e. The van der Waals surface area contributed by atoms with Gasteiger partial charge in [0.05, 0.1) is 11.9 Å². The van der Waals surface area contributed by atoms with Crippen molar-refractivity contribution in [2.45, 2.75) is 39.2 Å². The van der Waals surface area contributed by atoms with Crippen LogP contribution in [0.15, 0.2) is 23.3 Å². The minimum absolute atomic E-state index is 0.228. The number of nitrogens with one attached hydrogen (secondary N) is 1. The molecule has 0 radical (unpaired) electrons. The molecule has 0 aromatic carbocycles. The molecular weight excluding hydrogens is 318 g/mol. The van der Waals surface area contributed by atoms with Crippen molar-refractivity contribution in [1.29, 1.82) is 0 Å². The quantitative estimate of drug-likeness (QED) is 0.926. The zero-order chi connectivity index (χ0) is 18.1. The molecule has 2 aromatic rings.